The van der Waals surface area contributed by atoms with Gasteiger partial charge in [0.25, 0.3) is 0 Å². The number of nitrogens with zero attached hydrogens (tertiary/aromatic N) is 1. The minimum atomic E-state index is -0.642. The van der Waals surface area contributed by atoms with E-state index in [1.165, 1.54) is 0 Å². The molecule has 0 saturated heterocycles. The van der Waals surface area contributed by atoms with Crippen LogP contribution in [0.4, 0.5) is 0 Å². The number of hydrogen-bond donors (Lipinski definition) is 0. The highest BCUT2D eigenvalue weighted by molar-refractivity contribution is 5.72. The molecule has 0 saturated carbocycles. The van der Waals surface area contributed by atoms with Crippen molar-refractivity contribution in [3.63, 3.8) is 0 Å². The van der Waals surface area contributed by atoms with Gasteiger partial charge in [0.1, 0.15) is 0 Å². The van der Waals surface area contributed by atoms with Crippen molar-refractivity contribution >= 4 is 5.97 Å². The quantitative estimate of drug-likeness (QED) is 0.503. The smallest absolute Gasteiger partial charge is 0.284 e. The number of benzene rings is 1. The summed E-state index contributed by atoms with van der Waals surface area (Å²) in [4.78, 5) is 24.1. The van der Waals surface area contributed by atoms with Crippen molar-refractivity contribution < 1.29 is 9.63 Å². The van der Waals surface area contributed by atoms with Crippen molar-refractivity contribution in [3.8, 4) is 0 Å². The molecule has 0 aliphatic heterocycles. The van der Waals surface area contributed by atoms with Gasteiger partial charge >= 0.3 is 5.97 Å². The maximum atomic E-state index is 10.7. The Labute approximate surface area is 69.1 Å². The van der Waals surface area contributed by atoms with Gasteiger partial charge in [0.2, 0.25) is 0 Å². The van der Waals surface area contributed by atoms with Crippen molar-refractivity contribution in [2.45, 2.75) is 6.42 Å². The lowest BCUT2D eigenvalue weighted by Crippen LogP contribution is -2.03. The highest BCUT2D eigenvalue weighted by Crippen LogP contribution is 2.00. The summed E-state index contributed by atoms with van der Waals surface area (Å²) in [6.07, 6.45) is 0.0760. The molecule has 0 unspecified atom stereocenters. The summed E-state index contributed by atoms with van der Waals surface area (Å²) >= 11 is 0. The van der Waals surface area contributed by atoms with Gasteiger partial charge in [0, 0.05) is 0 Å². The first-order valence-electron chi connectivity index (χ1n) is 3.39. The average molecular weight is 165 g/mol. The van der Waals surface area contributed by atoms with Crippen LogP contribution in [0.3, 0.4) is 0 Å². The third kappa shape index (κ3) is 2.49. The molecule has 0 radical (unpaired) electrons. The Balaban J connectivity index is 2.52. The van der Waals surface area contributed by atoms with Crippen LogP contribution in [0.15, 0.2) is 35.7 Å². The topological polar surface area (TPSA) is 55.7 Å². The van der Waals surface area contributed by atoms with Crippen LogP contribution in [0.25, 0.3) is 0 Å². The van der Waals surface area contributed by atoms with Gasteiger partial charge in [-0.2, -0.15) is 0 Å². The van der Waals surface area contributed by atoms with Gasteiger partial charge in [-0.05, 0) is 5.56 Å². The largest absolute Gasteiger partial charge is 0.342 e. The van der Waals surface area contributed by atoms with E-state index in [2.05, 4.69) is 4.84 Å². The summed E-state index contributed by atoms with van der Waals surface area (Å²) in [5, 5.41) is 2.03. The molecule has 0 fully saturated rings. The molecule has 0 atom stereocenters. The van der Waals surface area contributed by atoms with Crippen molar-refractivity contribution in [1.82, 2.24) is 0 Å². The molecule has 12 heavy (non-hydrogen) atoms. The molecule has 0 aliphatic rings. The standard InChI is InChI=1S/C8H7NO3/c10-8(12-9-11)6-7-4-2-1-3-5-7/h1-5H,6H2. The lowest BCUT2D eigenvalue weighted by Gasteiger charge is -1.95. The Hall–Kier alpha value is -1.71. The molecule has 0 heterocycles. The number of carbonyl (C=O) groups excluding carboxylic acids is 1. The molecule has 0 amide bonds. The van der Waals surface area contributed by atoms with E-state index in [0.29, 0.717) is 0 Å². The fourth-order valence-corrected chi connectivity index (χ4v) is 0.836. The lowest BCUT2D eigenvalue weighted by molar-refractivity contribution is -0.143. The van der Waals surface area contributed by atoms with Gasteiger partial charge in [-0.1, -0.05) is 30.3 Å². The third-order valence-corrected chi connectivity index (χ3v) is 1.33. The van der Waals surface area contributed by atoms with Crippen LogP contribution < -0.4 is 0 Å². The van der Waals surface area contributed by atoms with Gasteiger partial charge in [0.15, 0.2) is 5.34 Å². The monoisotopic (exact) mass is 165 g/mol. The van der Waals surface area contributed by atoms with Gasteiger partial charge in [-0.25, -0.2) is 4.79 Å². The molecule has 0 spiro atoms. The second-order valence-electron chi connectivity index (χ2n) is 2.20. The van der Waals surface area contributed by atoms with E-state index in [9.17, 15) is 9.70 Å². The van der Waals surface area contributed by atoms with E-state index in [0.717, 1.165) is 5.56 Å². The van der Waals surface area contributed by atoms with E-state index in [-0.39, 0.29) is 6.42 Å². The molecule has 1 rings (SSSR count). The van der Waals surface area contributed by atoms with Crippen LogP contribution in [-0.4, -0.2) is 5.97 Å². The number of rotatable bonds is 3. The summed E-state index contributed by atoms with van der Waals surface area (Å²) in [5.41, 5.74) is 0.797. The first-order valence-corrected chi connectivity index (χ1v) is 3.39. The van der Waals surface area contributed by atoms with Crippen molar-refractivity contribution in [2.24, 2.45) is 5.34 Å². The Kier molecular flexibility index (Phi) is 2.95. The average Bonchev–Trinajstić information content (AvgIpc) is 2.06. The van der Waals surface area contributed by atoms with Crippen LogP contribution in [-0.2, 0) is 16.1 Å². The molecule has 1 aromatic carbocycles. The SMILES string of the molecule is O=NOC(=O)Cc1ccccc1. The summed E-state index contributed by atoms with van der Waals surface area (Å²) in [7, 11) is 0. The van der Waals surface area contributed by atoms with Crippen LogP contribution >= 0.6 is 0 Å². The maximum Gasteiger partial charge on any atom is 0.342 e. The lowest BCUT2D eigenvalue weighted by atomic mass is 10.2. The van der Waals surface area contributed by atoms with E-state index in [1.807, 2.05) is 11.4 Å². The third-order valence-electron chi connectivity index (χ3n) is 1.33. The Morgan fingerprint density at radius 2 is 2.00 bits per heavy atom. The highest BCUT2D eigenvalue weighted by atomic mass is 16.7. The molecule has 0 N–H and O–H groups in total. The molecule has 0 aliphatic carbocycles. The van der Waals surface area contributed by atoms with Crippen LogP contribution in [0, 0.1) is 4.91 Å². The van der Waals surface area contributed by atoms with Crippen molar-refractivity contribution in [3.05, 3.63) is 40.8 Å². The Morgan fingerprint density at radius 3 is 2.58 bits per heavy atom. The van der Waals surface area contributed by atoms with E-state index in [1.54, 1.807) is 24.3 Å². The van der Waals surface area contributed by atoms with Crippen LogP contribution in [0.5, 0.6) is 0 Å². The first-order chi connectivity index (χ1) is 5.83. The number of carbonyl (C=O) groups is 1. The van der Waals surface area contributed by atoms with Crippen molar-refractivity contribution in [2.75, 3.05) is 0 Å². The highest BCUT2D eigenvalue weighted by Gasteiger charge is 2.03. The van der Waals surface area contributed by atoms with Crippen LogP contribution in [0.2, 0.25) is 0 Å². The van der Waals surface area contributed by atoms with Crippen LogP contribution in [0.1, 0.15) is 5.56 Å². The fraction of sp³-hybridized carbons (Fsp3) is 0.125. The summed E-state index contributed by atoms with van der Waals surface area (Å²) in [6.45, 7) is 0. The molecule has 0 bridgehead atoms. The Bertz CT molecular complexity index is 271. The zero-order valence-electron chi connectivity index (χ0n) is 6.27. The Morgan fingerprint density at radius 1 is 1.33 bits per heavy atom. The predicted octanol–water partition coefficient (Wildman–Crippen LogP) is 1.45. The minimum absolute atomic E-state index is 0.0760. The summed E-state index contributed by atoms with van der Waals surface area (Å²) in [6, 6.07) is 8.98. The molecule has 4 nitrogen and oxygen atoms in total. The number of hydrogen-bond acceptors (Lipinski definition) is 4. The van der Waals surface area contributed by atoms with Crippen molar-refractivity contribution in [1.29, 1.82) is 0 Å². The molecular weight excluding hydrogens is 158 g/mol. The van der Waals surface area contributed by atoms with E-state index >= 15 is 0 Å². The fourth-order valence-electron chi connectivity index (χ4n) is 0.836. The maximum absolute atomic E-state index is 10.7. The van der Waals surface area contributed by atoms with E-state index in [4.69, 9.17) is 0 Å². The molecule has 62 valence electrons. The van der Waals surface area contributed by atoms with Gasteiger partial charge in [-0.3, -0.25) is 4.84 Å². The molecule has 0 aromatic heterocycles. The zero-order valence-corrected chi connectivity index (χ0v) is 6.27. The summed E-state index contributed by atoms with van der Waals surface area (Å²) < 4.78 is 0. The molecule has 4 heteroatoms. The normalized spacial score (nSPS) is 9.00. The predicted molar refractivity (Wildman–Crippen MR) is 42.0 cm³/mol. The second kappa shape index (κ2) is 4.23. The summed E-state index contributed by atoms with van der Waals surface area (Å²) in [5.74, 6) is -0.642. The van der Waals surface area contributed by atoms with Gasteiger partial charge in [0.05, 0.1) is 6.42 Å². The second-order valence-corrected chi connectivity index (χ2v) is 2.20. The van der Waals surface area contributed by atoms with E-state index < -0.39 is 5.97 Å². The minimum Gasteiger partial charge on any atom is -0.284 e. The molecular formula is C8H7NO3. The van der Waals surface area contributed by atoms with Gasteiger partial charge in [-0.15, -0.1) is 4.91 Å². The molecule has 1 aromatic rings. The van der Waals surface area contributed by atoms with Gasteiger partial charge < -0.3 is 0 Å². The zero-order chi connectivity index (χ0) is 8.81. The first kappa shape index (κ1) is 8.39.